The van der Waals surface area contributed by atoms with E-state index in [2.05, 4.69) is 10.3 Å². The standard InChI is InChI=1S/C14H11N3O4/c1-7-11(17-14(19)20-7)12(18)8(6-15)13-16-9-4-2-3-5-10(9)21-13/h2-5,7-8,11H,1H3,(H,17,19). The van der Waals surface area contributed by atoms with Gasteiger partial charge in [0.05, 0.1) is 6.07 Å². The van der Waals surface area contributed by atoms with Gasteiger partial charge in [-0.05, 0) is 19.1 Å². The molecule has 0 radical (unpaired) electrons. The molecule has 0 spiro atoms. The van der Waals surface area contributed by atoms with Gasteiger partial charge in [0.25, 0.3) is 0 Å². The maximum absolute atomic E-state index is 12.4. The molecule has 1 N–H and O–H groups in total. The Hall–Kier alpha value is -2.88. The van der Waals surface area contributed by atoms with E-state index in [-0.39, 0.29) is 5.89 Å². The number of nitrogens with zero attached hydrogens (tertiary/aromatic N) is 2. The number of benzene rings is 1. The summed E-state index contributed by atoms with van der Waals surface area (Å²) in [5.74, 6) is -1.66. The van der Waals surface area contributed by atoms with E-state index < -0.39 is 29.9 Å². The highest BCUT2D eigenvalue weighted by atomic mass is 16.6. The second-order valence-electron chi connectivity index (χ2n) is 4.72. The number of ketones is 1. The Labute approximate surface area is 119 Å². The van der Waals surface area contributed by atoms with Crippen LogP contribution in [-0.2, 0) is 9.53 Å². The summed E-state index contributed by atoms with van der Waals surface area (Å²) < 4.78 is 10.3. The van der Waals surface area contributed by atoms with Crippen molar-refractivity contribution in [3.63, 3.8) is 0 Å². The Kier molecular flexibility index (Phi) is 3.06. The third kappa shape index (κ3) is 2.21. The molecular weight excluding hydrogens is 274 g/mol. The summed E-state index contributed by atoms with van der Waals surface area (Å²) in [6, 6.07) is 7.98. The summed E-state index contributed by atoms with van der Waals surface area (Å²) in [6.07, 6.45) is -1.31. The third-order valence-electron chi connectivity index (χ3n) is 3.31. The van der Waals surface area contributed by atoms with Crippen LogP contribution in [0.25, 0.3) is 11.1 Å². The quantitative estimate of drug-likeness (QED) is 0.916. The number of rotatable bonds is 3. The lowest BCUT2D eigenvalue weighted by atomic mass is 9.96. The zero-order valence-electron chi connectivity index (χ0n) is 11.1. The second-order valence-corrected chi connectivity index (χ2v) is 4.72. The van der Waals surface area contributed by atoms with Crippen LogP contribution < -0.4 is 5.32 Å². The highest BCUT2D eigenvalue weighted by Gasteiger charge is 2.41. The molecule has 0 saturated carbocycles. The summed E-state index contributed by atoms with van der Waals surface area (Å²) in [5, 5.41) is 11.7. The van der Waals surface area contributed by atoms with Gasteiger partial charge in [0.1, 0.15) is 17.7 Å². The number of carbonyl (C=O) groups excluding carboxylic acids is 2. The fraction of sp³-hybridized carbons (Fsp3) is 0.286. The molecule has 3 atom stereocenters. The monoisotopic (exact) mass is 285 g/mol. The number of carbonyl (C=O) groups is 2. The van der Waals surface area contributed by atoms with Gasteiger partial charge >= 0.3 is 6.09 Å². The zero-order chi connectivity index (χ0) is 15.0. The molecule has 2 heterocycles. The number of alkyl carbamates (subject to hydrolysis) is 1. The number of hydrogen-bond acceptors (Lipinski definition) is 6. The van der Waals surface area contributed by atoms with Crippen LogP contribution >= 0.6 is 0 Å². The number of ether oxygens (including phenoxy) is 1. The molecule has 1 amide bonds. The summed E-state index contributed by atoms with van der Waals surface area (Å²) >= 11 is 0. The fourth-order valence-electron chi connectivity index (χ4n) is 2.25. The average molecular weight is 285 g/mol. The minimum Gasteiger partial charge on any atom is -0.444 e. The predicted octanol–water partition coefficient (Wildman–Crippen LogP) is 1.50. The van der Waals surface area contributed by atoms with E-state index in [0.717, 1.165) is 0 Å². The van der Waals surface area contributed by atoms with E-state index in [1.165, 1.54) is 0 Å². The molecule has 1 aliphatic heterocycles. The van der Waals surface area contributed by atoms with Gasteiger partial charge < -0.3 is 14.5 Å². The highest BCUT2D eigenvalue weighted by Crippen LogP contribution is 2.24. The lowest BCUT2D eigenvalue weighted by Gasteiger charge is -2.13. The SMILES string of the molecule is CC1OC(=O)NC1C(=O)C(C#N)c1nc2ccccc2o1. The Morgan fingerprint density at radius 1 is 1.48 bits per heavy atom. The van der Waals surface area contributed by atoms with E-state index in [9.17, 15) is 14.9 Å². The average Bonchev–Trinajstić information content (AvgIpc) is 3.02. The number of para-hydroxylation sites is 2. The van der Waals surface area contributed by atoms with Gasteiger partial charge in [-0.2, -0.15) is 5.26 Å². The first-order valence-electron chi connectivity index (χ1n) is 6.36. The van der Waals surface area contributed by atoms with Crippen LogP contribution in [0, 0.1) is 11.3 Å². The highest BCUT2D eigenvalue weighted by molar-refractivity contribution is 5.96. The molecule has 1 saturated heterocycles. The van der Waals surface area contributed by atoms with Gasteiger partial charge in [0, 0.05) is 0 Å². The van der Waals surface area contributed by atoms with E-state index in [1.807, 2.05) is 6.07 Å². The van der Waals surface area contributed by atoms with Crippen molar-refractivity contribution in [2.45, 2.75) is 25.0 Å². The molecule has 0 aliphatic carbocycles. The van der Waals surface area contributed by atoms with Crippen molar-refractivity contribution < 1.29 is 18.7 Å². The van der Waals surface area contributed by atoms with Crippen molar-refractivity contribution in [2.24, 2.45) is 0 Å². The Morgan fingerprint density at radius 2 is 2.24 bits per heavy atom. The van der Waals surface area contributed by atoms with Crippen LogP contribution in [0.4, 0.5) is 4.79 Å². The molecule has 3 rings (SSSR count). The van der Waals surface area contributed by atoms with Crippen molar-refractivity contribution in [1.82, 2.24) is 10.3 Å². The van der Waals surface area contributed by atoms with Crippen LogP contribution in [0.2, 0.25) is 0 Å². The molecule has 7 nitrogen and oxygen atoms in total. The summed E-state index contributed by atoms with van der Waals surface area (Å²) in [7, 11) is 0. The van der Waals surface area contributed by atoms with Gasteiger partial charge in [-0.3, -0.25) is 4.79 Å². The van der Waals surface area contributed by atoms with Crippen LogP contribution in [0.15, 0.2) is 28.7 Å². The molecule has 106 valence electrons. The fourth-order valence-corrected chi connectivity index (χ4v) is 2.25. The van der Waals surface area contributed by atoms with Crippen LogP contribution in [0.3, 0.4) is 0 Å². The minimum atomic E-state index is -1.19. The van der Waals surface area contributed by atoms with Crippen molar-refractivity contribution in [2.75, 3.05) is 0 Å². The Bertz CT molecular complexity index is 728. The largest absolute Gasteiger partial charge is 0.444 e. The first-order chi connectivity index (χ1) is 10.1. The number of amides is 1. The predicted molar refractivity (Wildman–Crippen MR) is 70.2 cm³/mol. The van der Waals surface area contributed by atoms with Crippen molar-refractivity contribution in [3.8, 4) is 6.07 Å². The molecule has 3 unspecified atom stereocenters. The normalized spacial score (nSPS) is 22.4. The van der Waals surface area contributed by atoms with Crippen molar-refractivity contribution in [1.29, 1.82) is 5.26 Å². The van der Waals surface area contributed by atoms with E-state index in [1.54, 1.807) is 31.2 Å². The topological polar surface area (TPSA) is 105 Å². The zero-order valence-corrected chi connectivity index (χ0v) is 11.1. The molecule has 0 bridgehead atoms. The maximum atomic E-state index is 12.4. The van der Waals surface area contributed by atoms with Crippen LogP contribution in [0.1, 0.15) is 18.7 Å². The number of nitriles is 1. The Morgan fingerprint density at radius 3 is 2.86 bits per heavy atom. The molecule has 1 aromatic carbocycles. The number of aromatic nitrogens is 1. The minimum absolute atomic E-state index is 0.0250. The molecule has 21 heavy (non-hydrogen) atoms. The first kappa shape index (κ1) is 13.1. The summed E-state index contributed by atoms with van der Waals surface area (Å²) in [5.41, 5.74) is 1.07. The van der Waals surface area contributed by atoms with E-state index in [0.29, 0.717) is 11.1 Å². The molecule has 1 fully saturated rings. The van der Waals surface area contributed by atoms with Crippen LogP contribution in [0.5, 0.6) is 0 Å². The number of fused-ring (bicyclic) bond motifs is 1. The van der Waals surface area contributed by atoms with E-state index >= 15 is 0 Å². The van der Waals surface area contributed by atoms with E-state index in [4.69, 9.17) is 9.15 Å². The Balaban J connectivity index is 1.93. The third-order valence-corrected chi connectivity index (χ3v) is 3.31. The first-order valence-corrected chi connectivity index (χ1v) is 6.36. The van der Waals surface area contributed by atoms with Gasteiger partial charge in [-0.15, -0.1) is 0 Å². The number of cyclic esters (lactones) is 1. The van der Waals surface area contributed by atoms with Gasteiger partial charge in [-0.1, -0.05) is 12.1 Å². The van der Waals surface area contributed by atoms with Crippen molar-refractivity contribution >= 4 is 23.0 Å². The second kappa shape index (κ2) is 4.90. The molecular formula is C14H11N3O4. The molecule has 7 heteroatoms. The van der Waals surface area contributed by atoms with Crippen LogP contribution in [-0.4, -0.2) is 29.0 Å². The van der Waals surface area contributed by atoms with Gasteiger partial charge in [-0.25, -0.2) is 9.78 Å². The molecule has 1 aliphatic rings. The number of hydrogen-bond donors (Lipinski definition) is 1. The number of oxazole rings is 1. The molecule has 2 aromatic rings. The number of nitrogens with one attached hydrogen (secondary N) is 1. The lowest BCUT2D eigenvalue weighted by Crippen LogP contribution is -2.41. The van der Waals surface area contributed by atoms with Crippen molar-refractivity contribution in [3.05, 3.63) is 30.2 Å². The summed E-state index contributed by atoms with van der Waals surface area (Å²) in [4.78, 5) is 27.7. The lowest BCUT2D eigenvalue weighted by molar-refractivity contribution is -0.122. The van der Waals surface area contributed by atoms with Gasteiger partial charge in [0.2, 0.25) is 5.89 Å². The number of Topliss-reactive ketones (excluding diaryl/α,β-unsaturated/α-hetero) is 1. The molecule has 1 aromatic heterocycles. The maximum Gasteiger partial charge on any atom is 0.408 e. The smallest absolute Gasteiger partial charge is 0.408 e. The van der Waals surface area contributed by atoms with Gasteiger partial charge in [0.15, 0.2) is 17.3 Å². The summed E-state index contributed by atoms with van der Waals surface area (Å²) in [6.45, 7) is 1.58.